The molecule has 0 saturated carbocycles. The van der Waals surface area contributed by atoms with Gasteiger partial charge in [-0.1, -0.05) is 59.1 Å². The molecular weight excluding hydrogens is 431 g/mol. The highest BCUT2D eigenvalue weighted by Gasteiger charge is 2.28. The molecule has 0 radical (unpaired) electrons. The topological polar surface area (TPSA) is 49.4 Å². The van der Waals surface area contributed by atoms with Crippen LogP contribution in [0.5, 0.6) is 0 Å². The van der Waals surface area contributed by atoms with E-state index in [1.54, 1.807) is 37.3 Å². The molecule has 4 nitrogen and oxygen atoms in total. The number of amides is 2. The van der Waals surface area contributed by atoms with Gasteiger partial charge in [0.25, 0.3) is 0 Å². The summed E-state index contributed by atoms with van der Waals surface area (Å²) in [4.78, 5) is 27.4. The summed E-state index contributed by atoms with van der Waals surface area (Å²) in [6.45, 7) is 7.62. The van der Waals surface area contributed by atoms with Gasteiger partial charge in [0.2, 0.25) is 11.8 Å². The maximum atomic E-state index is 13.2. The predicted molar refractivity (Wildman–Crippen MR) is 120 cm³/mol. The first-order valence-electron chi connectivity index (χ1n) is 9.27. The summed E-state index contributed by atoms with van der Waals surface area (Å²) in [6.07, 6.45) is 0.0914. The van der Waals surface area contributed by atoms with Crippen LogP contribution in [0.15, 0.2) is 42.5 Å². The Balaban J connectivity index is 2.30. The first-order chi connectivity index (χ1) is 13.5. The van der Waals surface area contributed by atoms with Crippen LogP contribution in [-0.4, -0.2) is 28.3 Å². The predicted octanol–water partition coefficient (Wildman–Crippen LogP) is 5.52. The first kappa shape index (κ1) is 23.5. The van der Waals surface area contributed by atoms with Crippen LogP contribution in [-0.2, 0) is 22.6 Å². The van der Waals surface area contributed by atoms with Crippen LogP contribution >= 0.6 is 34.8 Å². The molecule has 0 aliphatic heterocycles. The number of nitrogens with zero attached hydrogens (tertiary/aromatic N) is 1. The molecule has 7 heteroatoms. The molecule has 0 fully saturated rings. The van der Waals surface area contributed by atoms with E-state index in [0.717, 1.165) is 5.56 Å². The van der Waals surface area contributed by atoms with E-state index in [4.69, 9.17) is 34.8 Å². The van der Waals surface area contributed by atoms with E-state index in [0.29, 0.717) is 20.6 Å². The number of hydrogen-bond donors (Lipinski definition) is 1. The summed E-state index contributed by atoms with van der Waals surface area (Å²) in [6, 6.07) is 11.7. The number of nitrogens with one attached hydrogen (secondary N) is 1. The van der Waals surface area contributed by atoms with E-state index in [1.165, 1.54) is 4.90 Å². The van der Waals surface area contributed by atoms with E-state index in [2.05, 4.69) is 5.32 Å². The number of hydrogen-bond acceptors (Lipinski definition) is 2. The van der Waals surface area contributed by atoms with Crippen LogP contribution in [0.4, 0.5) is 0 Å². The molecule has 2 aromatic rings. The van der Waals surface area contributed by atoms with E-state index in [9.17, 15) is 9.59 Å². The quantitative estimate of drug-likeness (QED) is 0.623. The van der Waals surface area contributed by atoms with Crippen molar-refractivity contribution < 1.29 is 9.59 Å². The fourth-order valence-electron chi connectivity index (χ4n) is 2.80. The Hall–Kier alpha value is -1.75. The lowest BCUT2D eigenvalue weighted by atomic mass is 10.1. The highest BCUT2D eigenvalue weighted by atomic mass is 35.5. The number of carbonyl (C=O) groups is 2. The van der Waals surface area contributed by atoms with E-state index in [1.807, 2.05) is 32.9 Å². The molecule has 2 rings (SSSR count). The fraction of sp³-hybridized carbons (Fsp3) is 0.364. The van der Waals surface area contributed by atoms with Crippen molar-refractivity contribution in [2.24, 2.45) is 0 Å². The van der Waals surface area contributed by atoms with Crippen molar-refractivity contribution in [2.75, 3.05) is 0 Å². The van der Waals surface area contributed by atoms with E-state index in [-0.39, 0.29) is 24.8 Å². The Labute approximate surface area is 187 Å². The lowest BCUT2D eigenvalue weighted by molar-refractivity contribution is -0.140. The summed E-state index contributed by atoms with van der Waals surface area (Å²) in [7, 11) is 0. The zero-order valence-electron chi connectivity index (χ0n) is 16.9. The lowest BCUT2D eigenvalue weighted by Crippen LogP contribution is -2.52. The van der Waals surface area contributed by atoms with Crippen molar-refractivity contribution in [3.8, 4) is 0 Å². The van der Waals surface area contributed by atoms with Gasteiger partial charge in [0.05, 0.1) is 16.5 Å². The average molecular weight is 456 g/mol. The average Bonchev–Trinajstić information content (AvgIpc) is 2.62. The van der Waals surface area contributed by atoms with Gasteiger partial charge in [-0.3, -0.25) is 9.59 Å². The molecule has 0 spiro atoms. The second-order valence-corrected chi connectivity index (χ2v) is 9.18. The Morgan fingerprint density at radius 1 is 1.00 bits per heavy atom. The normalized spacial score (nSPS) is 12.4. The molecule has 0 heterocycles. The molecule has 29 heavy (non-hydrogen) atoms. The fourth-order valence-corrected chi connectivity index (χ4v) is 3.32. The molecule has 0 saturated heterocycles. The first-order valence-corrected chi connectivity index (χ1v) is 10.4. The largest absolute Gasteiger partial charge is 0.350 e. The van der Waals surface area contributed by atoms with E-state index < -0.39 is 11.6 Å². The van der Waals surface area contributed by atoms with Crippen molar-refractivity contribution in [3.05, 3.63) is 68.7 Å². The zero-order valence-corrected chi connectivity index (χ0v) is 19.2. The summed E-state index contributed by atoms with van der Waals surface area (Å²) in [5.74, 6) is -0.439. The lowest BCUT2D eigenvalue weighted by Gasteiger charge is -2.31. The highest BCUT2D eigenvalue weighted by molar-refractivity contribution is 6.42. The number of carbonyl (C=O) groups excluding carboxylic acids is 2. The van der Waals surface area contributed by atoms with Gasteiger partial charge in [0.1, 0.15) is 6.04 Å². The van der Waals surface area contributed by atoms with Crippen LogP contribution in [0.2, 0.25) is 15.1 Å². The Bertz CT molecular complexity index is 894. The van der Waals surface area contributed by atoms with Gasteiger partial charge >= 0.3 is 0 Å². The van der Waals surface area contributed by atoms with Crippen LogP contribution < -0.4 is 5.32 Å². The molecule has 0 aromatic heterocycles. The monoisotopic (exact) mass is 454 g/mol. The maximum absolute atomic E-state index is 13.2. The molecule has 1 N–H and O–H groups in total. The molecule has 0 unspecified atom stereocenters. The van der Waals surface area contributed by atoms with Crippen molar-refractivity contribution in [2.45, 2.75) is 52.2 Å². The van der Waals surface area contributed by atoms with Gasteiger partial charge in [-0.15, -0.1) is 0 Å². The van der Waals surface area contributed by atoms with Crippen molar-refractivity contribution in [1.29, 1.82) is 0 Å². The van der Waals surface area contributed by atoms with E-state index >= 15 is 0 Å². The molecule has 2 aromatic carbocycles. The Morgan fingerprint density at radius 3 is 2.24 bits per heavy atom. The Morgan fingerprint density at radius 2 is 1.66 bits per heavy atom. The van der Waals surface area contributed by atoms with Gasteiger partial charge in [-0.05, 0) is 57.0 Å². The van der Waals surface area contributed by atoms with Gasteiger partial charge < -0.3 is 10.2 Å². The number of rotatable bonds is 6. The van der Waals surface area contributed by atoms with Crippen LogP contribution in [0, 0.1) is 0 Å². The zero-order chi connectivity index (χ0) is 21.8. The minimum atomic E-state index is -0.682. The summed E-state index contributed by atoms with van der Waals surface area (Å²) >= 11 is 18.3. The van der Waals surface area contributed by atoms with Gasteiger partial charge in [0.15, 0.2) is 0 Å². The third-order valence-electron chi connectivity index (χ3n) is 4.30. The summed E-state index contributed by atoms with van der Waals surface area (Å²) in [5, 5.41) is 4.28. The third-order valence-corrected chi connectivity index (χ3v) is 5.41. The second kappa shape index (κ2) is 9.84. The van der Waals surface area contributed by atoms with Crippen LogP contribution in [0.25, 0.3) is 0 Å². The Kier molecular flexibility index (Phi) is 7.98. The second-order valence-electron chi connectivity index (χ2n) is 7.95. The molecule has 2 amide bonds. The number of halogens is 3. The van der Waals surface area contributed by atoms with Gasteiger partial charge in [0, 0.05) is 17.1 Å². The van der Waals surface area contributed by atoms with Gasteiger partial charge in [-0.2, -0.15) is 0 Å². The van der Waals surface area contributed by atoms with Gasteiger partial charge in [-0.25, -0.2) is 0 Å². The van der Waals surface area contributed by atoms with Crippen molar-refractivity contribution in [3.63, 3.8) is 0 Å². The minimum absolute atomic E-state index is 0.0914. The minimum Gasteiger partial charge on any atom is -0.350 e. The van der Waals surface area contributed by atoms with Crippen LogP contribution in [0.1, 0.15) is 38.8 Å². The molecule has 0 bridgehead atoms. The molecule has 0 aliphatic rings. The number of benzene rings is 2. The standard InChI is InChI=1S/C22H25Cl3N2O2/c1-14(21(29)26-22(2,3)4)27(13-15-9-10-18(24)19(25)11-15)20(28)12-16-7-5-6-8-17(16)23/h5-11,14H,12-13H2,1-4H3,(H,26,29)/t14-/m1/s1. The molecule has 1 atom stereocenters. The summed E-state index contributed by atoms with van der Waals surface area (Å²) in [5.41, 5.74) is 1.08. The van der Waals surface area contributed by atoms with Crippen molar-refractivity contribution >= 4 is 46.6 Å². The smallest absolute Gasteiger partial charge is 0.242 e. The SMILES string of the molecule is C[C@H](C(=O)NC(C)(C)C)N(Cc1ccc(Cl)c(Cl)c1)C(=O)Cc1ccccc1Cl. The highest BCUT2D eigenvalue weighted by Crippen LogP contribution is 2.24. The van der Waals surface area contributed by atoms with Crippen LogP contribution in [0.3, 0.4) is 0 Å². The van der Waals surface area contributed by atoms with Crippen molar-refractivity contribution in [1.82, 2.24) is 10.2 Å². The molecular formula is C22H25Cl3N2O2. The maximum Gasteiger partial charge on any atom is 0.242 e. The molecule has 156 valence electrons. The molecule has 0 aliphatic carbocycles. The summed E-state index contributed by atoms with van der Waals surface area (Å²) < 4.78 is 0. The third kappa shape index (κ3) is 6.91.